The molecule has 1 unspecified atom stereocenters. The monoisotopic (exact) mass is 505 g/mol. The van der Waals surface area contributed by atoms with Crippen molar-refractivity contribution in [3.8, 4) is 11.5 Å². The molecule has 38 heavy (non-hydrogen) atoms. The van der Waals surface area contributed by atoms with Crippen molar-refractivity contribution in [3.05, 3.63) is 118 Å². The van der Waals surface area contributed by atoms with Crippen LogP contribution in [0.25, 0.3) is 0 Å². The molecule has 0 fully saturated rings. The number of hydrogen-bond donors (Lipinski definition) is 1. The van der Waals surface area contributed by atoms with Gasteiger partial charge in [-0.2, -0.15) is 0 Å². The molecule has 2 aliphatic carbocycles. The fourth-order valence-corrected chi connectivity index (χ4v) is 6.30. The lowest BCUT2D eigenvalue weighted by atomic mass is 9.67. The second kappa shape index (κ2) is 9.97. The summed E-state index contributed by atoms with van der Waals surface area (Å²) in [5.74, 6) is 1.67. The molecule has 0 aromatic heterocycles. The molecular weight excluding hydrogens is 474 g/mol. The Morgan fingerprint density at radius 3 is 1.45 bits per heavy atom. The van der Waals surface area contributed by atoms with Crippen molar-refractivity contribution in [3.63, 3.8) is 0 Å². The zero-order valence-electron chi connectivity index (χ0n) is 21.7. The summed E-state index contributed by atoms with van der Waals surface area (Å²) < 4.78 is 10.6. The Morgan fingerprint density at radius 2 is 1.03 bits per heavy atom. The van der Waals surface area contributed by atoms with E-state index in [1.807, 2.05) is 78.9 Å². The van der Waals surface area contributed by atoms with E-state index in [-0.39, 0.29) is 29.3 Å². The predicted octanol–water partition coefficient (Wildman–Crippen LogP) is 6.19. The van der Waals surface area contributed by atoms with Gasteiger partial charge in [-0.25, -0.2) is 0 Å². The van der Waals surface area contributed by atoms with Crippen molar-refractivity contribution in [2.75, 3.05) is 14.2 Å². The molecule has 0 amide bonds. The molecule has 6 rings (SSSR count). The molecule has 3 aromatic rings. The molecule has 3 aliphatic rings. The summed E-state index contributed by atoms with van der Waals surface area (Å²) in [6.07, 6.45) is 2.33. The van der Waals surface area contributed by atoms with E-state index in [1.54, 1.807) is 14.2 Å². The minimum atomic E-state index is -0.323. The Hall–Kier alpha value is -4.12. The topological polar surface area (TPSA) is 64.6 Å². The maximum atomic E-state index is 13.8. The van der Waals surface area contributed by atoms with E-state index < -0.39 is 0 Å². The Kier molecular flexibility index (Phi) is 6.36. The van der Waals surface area contributed by atoms with Crippen molar-refractivity contribution in [2.24, 2.45) is 0 Å². The molecule has 5 heteroatoms. The fourth-order valence-electron chi connectivity index (χ4n) is 6.30. The van der Waals surface area contributed by atoms with Gasteiger partial charge < -0.3 is 14.8 Å². The van der Waals surface area contributed by atoms with Gasteiger partial charge in [0.05, 0.1) is 14.2 Å². The van der Waals surface area contributed by atoms with Gasteiger partial charge in [-0.3, -0.25) is 9.59 Å². The number of ketones is 2. The predicted molar refractivity (Wildman–Crippen MR) is 146 cm³/mol. The summed E-state index contributed by atoms with van der Waals surface area (Å²) in [5, 5.41) is 3.63. The first kappa shape index (κ1) is 24.2. The third kappa shape index (κ3) is 4.32. The third-order valence-corrected chi connectivity index (χ3v) is 8.20. The van der Waals surface area contributed by atoms with Crippen LogP contribution < -0.4 is 14.8 Å². The highest BCUT2D eigenvalue weighted by Gasteiger charge is 2.43. The van der Waals surface area contributed by atoms with Crippen LogP contribution in [-0.4, -0.2) is 25.8 Å². The molecule has 1 heterocycles. The van der Waals surface area contributed by atoms with Crippen LogP contribution >= 0.6 is 0 Å². The summed E-state index contributed by atoms with van der Waals surface area (Å²) in [6.45, 7) is 0. The van der Waals surface area contributed by atoms with Gasteiger partial charge in [0, 0.05) is 41.3 Å². The molecule has 0 saturated heterocycles. The van der Waals surface area contributed by atoms with Crippen LogP contribution in [0.2, 0.25) is 0 Å². The number of hydrogen-bond acceptors (Lipinski definition) is 5. The van der Waals surface area contributed by atoms with Gasteiger partial charge in [0.1, 0.15) is 11.5 Å². The highest BCUT2D eigenvalue weighted by Crippen LogP contribution is 2.49. The van der Waals surface area contributed by atoms with Crippen LogP contribution in [0.15, 0.2) is 101 Å². The largest absolute Gasteiger partial charge is 0.497 e. The number of rotatable bonds is 5. The molecule has 3 atom stereocenters. The molecule has 5 nitrogen and oxygen atoms in total. The molecule has 1 aliphatic heterocycles. The Bertz CT molecular complexity index is 1340. The van der Waals surface area contributed by atoms with Crippen LogP contribution in [0.3, 0.4) is 0 Å². The number of carbonyl (C=O) groups is 2. The third-order valence-electron chi connectivity index (χ3n) is 8.20. The van der Waals surface area contributed by atoms with Gasteiger partial charge >= 0.3 is 0 Å². The van der Waals surface area contributed by atoms with E-state index >= 15 is 0 Å². The maximum absolute atomic E-state index is 13.8. The van der Waals surface area contributed by atoms with Crippen LogP contribution in [0.1, 0.15) is 60.1 Å². The molecule has 1 N–H and O–H groups in total. The lowest BCUT2D eigenvalue weighted by Gasteiger charge is -2.40. The Morgan fingerprint density at radius 1 is 0.579 bits per heavy atom. The van der Waals surface area contributed by atoms with Gasteiger partial charge in [-0.1, -0.05) is 54.6 Å². The molecule has 0 spiro atoms. The molecule has 3 aromatic carbocycles. The number of allylic oxidation sites excluding steroid dienone is 4. The maximum Gasteiger partial charge on any atom is 0.162 e. The van der Waals surface area contributed by atoms with E-state index in [0.717, 1.165) is 63.6 Å². The van der Waals surface area contributed by atoms with Gasteiger partial charge in [-0.05, 0) is 65.6 Å². The number of carbonyl (C=O) groups excluding carboxylic acids is 2. The van der Waals surface area contributed by atoms with Crippen LogP contribution in [-0.2, 0) is 9.59 Å². The second-order valence-electron chi connectivity index (χ2n) is 10.4. The normalized spacial score (nSPS) is 22.9. The van der Waals surface area contributed by atoms with Crippen molar-refractivity contribution in [1.29, 1.82) is 0 Å². The van der Waals surface area contributed by atoms with Crippen molar-refractivity contribution in [1.82, 2.24) is 5.32 Å². The lowest BCUT2D eigenvalue weighted by Crippen LogP contribution is -2.38. The number of nitrogens with one attached hydrogen (secondary N) is 1. The van der Waals surface area contributed by atoms with Crippen molar-refractivity contribution in [2.45, 2.75) is 43.4 Å². The highest BCUT2D eigenvalue weighted by atomic mass is 16.5. The van der Waals surface area contributed by atoms with Gasteiger partial charge in [-0.15, -0.1) is 0 Å². The van der Waals surface area contributed by atoms with E-state index in [4.69, 9.17) is 9.47 Å². The van der Waals surface area contributed by atoms with Crippen molar-refractivity contribution >= 4 is 11.6 Å². The van der Waals surface area contributed by atoms with E-state index in [2.05, 4.69) is 5.32 Å². The standard InChI is InChI=1S/C33H31NO4/c1-37-25-12-8-20(9-13-25)23-16-27-32(29(35)18-23)31(22-6-4-3-5-7-22)33-28(34-27)17-24(19-30(33)36)21-10-14-26(38-2)15-11-21/h3-15,23-24,31,34H,16-19H2,1-2H3/t23-,24+,31?. The summed E-state index contributed by atoms with van der Waals surface area (Å²) in [4.78, 5) is 27.6. The minimum absolute atomic E-state index is 0.0786. The Balaban J connectivity index is 1.38. The first-order chi connectivity index (χ1) is 18.6. The van der Waals surface area contributed by atoms with Gasteiger partial charge in [0.25, 0.3) is 0 Å². The second-order valence-corrected chi connectivity index (χ2v) is 10.4. The number of dihydropyridines is 1. The van der Waals surface area contributed by atoms with Crippen LogP contribution in [0.4, 0.5) is 0 Å². The smallest absolute Gasteiger partial charge is 0.162 e. The van der Waals surface area contributed by atoms with Gasteiger partial charge in [0.15, 0.2) is 11.6 Å². The first-order valence-electron chi connectivity index (χ1n) is 13.2. The molecule has 0 radical (unpaired) electrons. The fraction of sp³-hybridized carbons (Fsp3) is 0.273. The average molecular weight is 506 g/mol. The van der Waals surface area contributed by atoms with Crippen molar-refractivity contribution < 1.29 is 19.1 Å². The number of Topliss-reactive ketones (excluding diaryl/α,β-unsaturated/α-hetero) is 2. The summed E-state index contributed by atoms with van der Waals surface area (Å²) in [7, 11) is 3.31. The minimum Gasteiger partial charge on any atom is -0.497 e. The van der Waals surface area contributed by atoms with E-state index in [0.29, 0.717) is 12.8 Å². The highest BCUT2D eigenvalue weighted by molar-refractivity contribution is 6.07. The number of ether oxygens (including phenoxy) is 2. The van der Waals surface area contributed by atoms with Crippen LogP contribution in [0, 0.1) is 0 Å². The Labute approximate surface area is 223 Å². The molecule has 192 valence electrons. The zero-order valence-corrected chi connectivity index (χ0v) is 21.7. The van der Waals surface area contributed by atoms with Crippen LogP contribution in [0.5, 0.6) is 11.5 Å². The van der Waals surface area contributed by atoms with E-state index in [9.17, 15) is 9.59 Å². The molecule has 0 saturated carbocycles. The lowest BCUT2D eigenvalue weighted by molar-refractivity contribution is -0.117. The SMILES string of the molecule is COc1ccc([C@@H]2CC(=O)C3=C(C2)NC2=C(C(=O)C[C@H](c4ccc(OC)cc4)C2)C3c2ccccc2)cc1. The van der Waals surface area contributed by atoms with E-state index in [1.165, 1.54) is 0 Å². The zero-order chi connectivity index (χ0) is 26.2. The first-order valence-corrected chi connectivity index (χ1v) is 13.2. The average Bonchev–Trinajstić information content (AvgIpc) is 2.96. The molecule has 0 bridgehead atoms. The quantitative estimate of drug-likeness (QED) is 0.448. The van der Waals surface area contributed by atoms with Gasteiger partial charge in [0.2, 0.25) is 0 Å². The number of benzene rings is 3. The molecular formula is C33H31NO4. The summed E-state index contributed by atoms with van der Waals surface area (Å²) in [5.41, 5.74) is 6.68. The number of methoxy groups -OCH3 is 2. The summed E-state index contributed by atoms with van der Waals surface area (Å²) in [6, 6.07) is 26.0. The summed E-state index contributed by atoms with van der Waals surface area (Å²) >= 11 is 0.